The maximum atomic E-state index is 12.2. The Bertz CT molecular complexity index is 435. The number of methoxy groups -OCH3 is 1. The van der Waals surface area contributed by atoms with Crippen LogP contribution in [0.5, 0.6) is 0 Å². The Balaban J connectivity index is 2.09. The average molecular weight is 277 g/mol. The van der Waals surface area contributed by atoms with Gasteiger partial charge in [-0.15, -0.1) is 0 Å². The number of hydrogen-bond donors (Lipinski definition) is 1. The van der Waals surface area contributed by atoms with Crippen molar-refractivity contribution in [3.63, 3.8) is 0 Å². The van der Waals surface area contributed by atoms with Crippen LogP contribution in [0.25, 0.3) is 0 Å². The minimum Gasteiger partial charge on any atom is -0.468 e. The molecule has 0 amide bonds. The second-order valence-electron chi connectivity index (χ2n) is 5.27. The molecule has 4 nitrogen and oxygen atoms in total. The highest BCUT2D eigenvalue weighted by atomic mass is 16.5. The lowest BCUT2D eigenvalue weighted by Crippen LogP contribution is -2.57. The van der Waals surface area contributed by atoms with Gasteiger partial charge >= 0.3 is 5.97 Å². The summed E-state index contributed by atoms with van der Waals surface area (Å²) >= 11 is 0. The molecule has 0 bridgehead atoms. The molecule has 1 aromatic carbocycles. The second-order valence-corrected chi connectivity index (χ2v) is 5.27. The summed E-state index contributed by atoms with van der Waals surface area (Å²) in [6.45, 7) is 3.33. The standard InChI is InChI=1S/C16H23NO3/c1-3-14-11-16(9-10-20-14,15(18)19-2)17-12-13-7-5-4-6-8-13/h4-8,14,17H,3,9-12H2,1-2H3. The summed E-state index contributed by atoms with van der Waals surface area (Å²) < 4.78 is 10.7. The lowest BCUT2D eigenvalue weighted by atomic mass is 9.85. The molecule has 0 radical (unpaired) electrons. The number of nitrogens with one attached hydrogen (secondary N) is 1. The Labute approximate surface area is 120 Å². The Morgan fingerprint density at radius 1 is 1.45 bits per heavy atom. The van der Waals surface area contributed by atoms with E-state index in [0.29, 0.717) is 26.0 Å². The van der Waals surface area contributed by atoms with Gasteiger partial charge in [0, 0.05) is 19.6 Å². The first-order valence-corrected chi connectivity index (χ1v) is 7.19. The zero-order valence-corrected chi connectivity index (χ0v) is 12.2. The molecule has 2 atom stereocenters. The van der Waals surface area contributed by atoms with Crippen LogP contribution in [-0.4, -0.2) is 31.3 Å². The number of carbonyl (C=O) groups excluding carboxylic acids is 1. The largest absolute Gasteiger partial charge is 0.468 e. The number of ether oxygens (including phenoxy) is 2. The van der Waals surface area contributed by atoms with Crippen molar-refractivity contribution in [2.45, 2.75) is 44.4 Å². The first-order valence-electron chi connectivity index (χ1n) is 7.19. The van der Waals surface area contributed by atoms with Crippen LogP contribution in [0.3, 0.4) is 0 Å². The van der Waals surface area contributed by atoms with Crippen molar-refractivity contribution >= 4 is 5.97 Å². The Kier molecular flexibility index (Phi) is 5.15. The van der Waals surface area contributed by atoms with Crippen molar-refractivity contribution in [3.05, 3.63) is 35.9 Å². The van der Waals surface area contributed by atoms with Gasteiger partial charge in [0.1, 0.15) is 5.54 Å². The lowest BCUT2D eigenvalue weighted by molar-refractivity contribution is -0.156. The van der Waals surface area contributed by atoms with Crippen molar-refractivity contribution < 1.29 is 14.3 Å². The molecule has 1 saturated heterocycles. The molecule has 1 aliphatic heterocycles. The summed E-state index contributed by atoms with van der Waals surface area (Å²) in [6.07, 6.45) is 2.35. The highest BCUT2D eigenvalue weighted by Gasteiger charge is 2.43. The van der Waals surface area contributed by atoms with E-state index >= 15 is 0 Å². The number of esters is 1. The van der Waals surface area contributed by atoms with E-state index < -0.39 is 5.54 Å². The van der Waals surface area contributed by atoms with Crippen LogP contribution in [0, 0.1) is 0 Å². The van der Waals surface area contributed by atoms with E-state index in [1.807, 2.05) is 18.2 Å². The maximum absolute atomic E-state index is 12.2. The quantitative estimate of drug-likeness (QED) is 0.839. The fourth-order valence-electron chi connectivity index (χ4n) is 2.69. The summed E-state index contributed by atoms with van der Waals surface area (Å²) in [6, 6.07) is 10.1. The van der Waals surface area contributed by atoms with E-state index in [1.54, 1.807) is 0 Å². The molecule has 110 valence electrons. The molecule has 1 fully saturated rings. The SMILES string of the molecule is CCC1CC(NCc2ccccc2)(C(=O)OC)CCO1. The van der Waals surface area contributed by atoms with E-state index in [-0.39, 0.29) is 12.1 Å². The van der Waals surface area contributed by atoms with Crippen LogP contribution in [0.2, 0.25) is 0 Å². The molecule has 4 heteroatoms. The Hall–Kier alpha value is -1.39. The number of benzene rings is 1. The van der Waals surface area contributed by atoms with Gasteiger partial charge in [0.25, 0.3) is 0 Å². The summed E-state index contributed by atoms with van der Waals surface area (Å²) in [5.74, 6) is -0.185. The van der Waals surface area contributed by atoms with Gasteiger partial charge in [-0.1, -0.05) is 37.3 Å². The van der Waals surface area contributed by atoms with E-state index in [2.05, 4.69) is 24.4 Å². The first-order chi connectivity index (χ1) is 9.70. The fraction of sp³-hybridized carbons (Fsp3) is 0.562. The average Bonchev–Trinajstić information content (AvgIpc) is 2.53. The predicted molar refractivity (Wildman–Crippen MR) is 77.3 cm³/mol. The highest BCUT2D eigenvalue weighted by molar-refractivity contribution is 5.81. The van der Waals surface area contributed by atoms with Gasteiger partial charge < -0.3 is 9.47 Å². The van der Waals surface area contributed by atoms with Gasteiger partial charge in [-0.25, -0.2) is 0 Å². The molecule has 2 rings (SSSR count). The highest BCUT2D eigenvalue weighted by Crippen LogP contribution is 2.28. The third kappa shape index (κ3) is 3.38. The van der Waals surface area contributed by atoms with Crippen LogP contribution >= 0.6 is 0 Å². The third-order valence-corrected chi connectivity index (χ3v) is 3.96. The van der Waals surface area contributed by atoms with Crippen LogP contribution in [0.4, 0.5) is 0 Å². The van der Waals surface area contributed by atoms with E-state index in [0.717, 1.165) is 12.0 Å². The van der Waals surface area contributed by atoms with Crippen molar-refractivity contribution in [1.29, 1.82) is 0 Å². The smallest absolute Gasteiger partial charge is 0.326 e. The lowest BCUT2D eigenvalue weighted by Gasteiger charge is -2.39. The molecular formula is C16H23NO3. The molecule has 2 unspecified atom stereocenters. The van der Waals surface area contributed by atoms with Gasteiger partial charge in [-0.05, 0) is 18.4 Å². The first kappa shape index (κ1) is 15.0. The molecule has 0 aromatic heterocycles. The molecule has 1 N–H and O–H groups in total. The number of rotatable bonds is 5. The maximum Gasteiger partial charge on any atom is 0.326 e. The summed E-state index contributed by atoms with van der Waals surface area (Å²) in [5.41, 5.74) is 0.541. The van der Waals surface area contributed by atoms with Gasteiger partial charge in [0.05, 0.1) is 13.2 Å². The second kappa shape index (κ2) is 6.86. The molecule has 0 spiro atoms. The van der Waals surface area contributed by atoms with E-state index in [9.17, 15) is 4.79 Å². The van der Waals surface area contributed by atoms with Crippen molar-refractivity contribution in [2.75, 3.05) is 13.7 Å². The van der Waals surface area contributed by atoms with Crippen molar-refractivity contribution in [3.8, 4) is 0 Å². The molecule has 0 saturated carbocycles. The summed E-state index contributed by atoms with van der Waals surface area (Å²) in [4.78, 5) is 12.2. The third-order valence-electron chi connectivity index (χ3n) is 3.96. The monoisotopic (exact) mass is 277 g/mol. The van der Waals surface area contributed by atoms with Gasteiger partial charge in [-0.3, -0.25) is 10.1 Å². The molecule has 0 aliphatic carbocycles. The zero-order valence-electron chi connectivity index (χ0n) is 12.2. The Morgan fingerprint density at radius 3 is 2.85 bits per heavy atom. The topological polar surface area (TPSA) is 47.6 Å². The van der Waals surface area contributed by atoms with Gasteiger partial charge in [-0.2, -0.15) is 0 Å². The van der Waals surface area contributed by atoms with E-state index in [4.69, 9.17) is 9.47 Å². The minimum absolute atomic E-state index is 0.117. The molecule has 1 aliphatic rings. The normalized spacial score (nSPS) is 26.2. The van der Waals surface area contributed by atoms with Gasteiger partial charge in [0.2, 0.25) is 0 Å². The van der Waals surface area contributed by atoms with E-state index in [1.165, 1.54) is 7.11 Å². The van der Waals surface area contributed by atoms with Crippen molar-refractivity contribution in [1.82, 2.24) is 5.32 Å². The molecule has 20 heavy (non-hydrogen) atoms. The van der Waals surface area contributed by atoms with Crippen LogP contribution in [-0.2, 0) is 20.8 Å². The summed E-state index contributed by atoms with van der Waals surface area (Å²) in [5, 5.41) is 3.41. The van der Waals surface area contributed by atoms with Gasteiger partial charge in [0.15, 0.2) is 0 Å². The molecule has 1 heterocycles. The van der Waals surface area contributed by atoms with Crippen molar-refractivity contribution in [2.24, 2.45) is 0 Å². The fourth-order valence-corrected chi connectivity index (χ4v) is 2.69. The Morgan fingerprint density at radius 2 is 2.20 bits per heavy atom. The zero-order chi connectivity index (χ0) is 14.4. The minimum atomic E-state index is -0.622. The van der Waals surface area contributed by atoms with Crippen LogP contribution in [0.15, 0.2) is 30.3 Å². The molecular weight excluding hydrogens is 254 g/mol. The van der Waals surface area contributed by atoms with Crippen LogP contribution in [0.1, 0.15) is 31.7 Å². The number of carbonyl (C=O) groups is 1. The molecule has 1 aromatic rings. The number of hydrogen-bond acceptors (Lipinski definition) is 4. The van der Waals surface area contributed by atoms with Crippen LogP contribution < -0.4 is 5.32 Å². The summed E-state index contributed by atoms with van der Waals surface area (Å²) in [7, 11) is 1.45. The predicted octanol–water partition coefficient (Wildman–Crippen LogP) is 2.28.